The molecule has 0 bridgehead atoms. The van der Waals surface area contributed by atoms with Crippen molar-refractivity contribution in [3.05, 3.63) is 114 Å². The third kappa shape index (κ3) is 3.86. The zero-order valence-electron chi connectivity index (χ0n) is 17.6. The van der Waals surface area contributed by atoms with Gasteiger partial charge in [-0.3, -0.25) is 4.79 Å². The van der Waals surface area contributed by atoms with Crippen molar-refractivity contribution in [1.82, 2.24) is 10.4 Å². The van der Waals surface area contributed by atoms with Gasteiger partial charge in [0.2, 0.25) is 0 Å². The lowest BCUT2D eigenvalue weighted by atomic mass is 10.0. The number of fused-ring (bicyclic) bond motifs is 2. The fraction of sp³-hybridized carbons (Fsp3) is 0.0357. The average molecular weight is 415 g/mol. The van der Waals surface area contributed by atoms with E-state index in [1.54, 1.807) is 0 Å². The molecule has 0 aliphatic rings. The molecule has 4 heteroatoms. The molecule has 1 amide bonds. The van der Waals surface area contributed by atoms with Gasteiger partial charge in [-0.05, 0) is 41.5 Å². The van der Waals surface area contributed by atoms with E-state index in [9.17, 15) is 4.79 Å². The first-order chi connectivity index (χ1) is 15.7. The molecule has 0 atom stereocenters. The standard InChI is InChI=1S/C28H21N3O/c1-19(22-16-15-20-9-5-6-12-23(20)17-22)30-31-28(32)25-18-27(21-10-3-2-4-11-21)29-26-14-8-7-13-24(25)26/h2-18H,1H3,(H,31,32)/b30-19+. The molecular weight excluding hydrogens is 394 g/mol. The van der Waals surface area contributed by atoms with E-state index >= 15 is 0 Å². The Morgan fingerprint density at radius 3 is 2.34 bits per heavy atom. The number of aromatic nitrogens is 1. The lowest BCUT2D eigenvalue weighted by molar-refractivity contribution is 0.0956. The van der Waals surface area contributed by atoms with Gasteiger partial charge in [-0.25, -0.2) is 10.4 Å². The van der Waals surface area contributed by atoms with E-state index in [4.69, 9.17) is 4.98 Å². The van der Waals surface area contributed by atoms with Gasteiger partial charge in [-0.1, -0.05) is 84.9 Å². The zero-order chi connectivity index (χ0) is 21.9. The van der Waals surface area contributed by atoms with Gasteiger partial charge in [-0.15, -0.1) is 0 Å². The number of benzene rings is 4. The molecular formula is C28H21N3O. The second-order valence-electron chi connectivity index (χ2n) is 7.64. The van der Waals surface area contributed by atoms with Crippen LogP contribution in [0.2, 0.25) is 0 Å². The third-order valence-corrected chi connectivity index (χ3v) is 5.52. The molecule has 1 heterocycles. The molecule has 5 aromatic rings. The smallest absolute Gasteiger partial charge is 0.267 e. The number of pyridine rings is 1. The molecule has 4 aromatic carbocycles. The Balaban J connectivity index is 1.48. The van der Waals surface area contributed by atoms with Crippen molar-refractivity contribution in [2.24, 2.45) is 5.10 Å². The molecule has 0 radical (unpaired) electrons. The summed E-state index contributed by atoms with van der Waals surface area (Å²) in [5, 5.41) is 7.49. The van der Waals surface area contributed by atoms with Crippen LogP contribution in [-0.2, 0) is 0 Å². The lowest BCUT2D eigenvalue weighted by Gasteiger charge is -2.10. The van der Waals surface area contributed by atoms with Crippen LogP contribution < -0.4 is 5.43 Å². The van der Waals surface area contributed by atoms with Gasteiger partial charge < -0.3 is 0 Å². The quantitative estimate of drug-likeness (QED) is 0.280. The monoisotopic (exact) mass is 415 g/mol. The Morgan fingerprint density at radius 1 is 0.781 bits per heavy atom. The molecule has 1 N–H and O–H groups in total. The Bertz CT molecular complexity index is 1470. The minimum Gasteiger partial charge on any atom is -0.267 e. The van der Waals surface area contributed by atoms with E-state index in [2.05, 4.69) is 34.8 Å². The fourth-order valence-corrected chi connectivity index (χ4v) is 3.79. The van der Waals surface area contributed by atoms with Crippen molar-refractivity contribution in [3.8, 4) is 11.3 Å². The van der Waals surface area contributed by atoms with Crippen molar-refractivity contribution < 1.29 is 4.79 Å². The van der Waals surface area contributed by atoms with Crippen LogP contribution in [0.5, 0.6) is 0 Å². The van der Waals surface area contributed by atoms with E-state index in [1.165, 1.54) is 5.39 Å². The molecule has 0 saturated heterocycles. The Hall–Kier alpha value is -4.31. The van der Waals surface area contributed by atoms with Crippen molar-refractivity contribution in [2.75, 3.05) is 0 Å². The van der Waals surface area contributed by atoms with Gasteiger partial charge in [0.25, 0.3) is 5.91 Å². The van der Waals surface area contributed by atoms with Crippen LogP contribution in [0.1, 0.15) is 22.8 Å². The van der Waals surface area contributed by atoms with Crippen LogP contribution in [-0.4, -0.2) is 16.6 Å². The SMILES string of the molecule is C/C(=N\NC(=O)c1cc(-c2ccccc2)nc2ccccc12)c1ccc2ccccc2c1. The number of amides is 1. The van der Waals surface area contributed by atoms with Gasteiger partial charge in [0.1, 0.15) is 0 Å². The second kappa shape index (κ2) is 8.44. The number of hydrogen-bond donors (Lipinski definition) is 1. The van der Waals surface area contributed by atoms with Crippen molar-refractivity contribution in [3.63, 3.8) is 0 Å². The van der Waals surface area contributed by atoms with E-state index in [0.717, 1.165) is 38.8 Å². The number of nitrogens with one attached hydrogen (secondary N) is 1. The Kier molecular flexibility index (Phi) is 5.18. The molecule has 0 aliphatic carbocycles. The molecule has 0 spiro atoms. The summed E-state index contributed by atoms with van der Waals surface area (Å²) in [7, 11) is 0. The summed E-state index contributed by atoms with van der Waals surface area (Å²) in [4.78, 5) is 17.9. The van der Waals surface area contributed by atoms with Gasteiger partial charge in [-0.2, -0.15) is 5.10 Å². The van der Waals surface area contributed by atoms with E-state index in [1.807, 2.05) is 85.8 Å². The van der Waals surface area contributed by atoms with Crippen molar-refractivity contribution >= 4 is 33.3 Å². The van der Waals surface area contributed by atoms with Gasteiger partial charge in [0, 0.05) is 10.9 Å². The molecule has 0 saturated carbocycles. The number of hydrazone groups is 1. The number of nitrogens with zero attached hydrogens (tertiary/aromatic N) is 2. The maximum Gasteiger partial charge on any atom is 0.272 e. The second-order valence-corrected chi connectivity index (χ2v) is 7.64. The first-order valence-corrected chi connectivity index (χ1v) is 10.5. The summed E-state index contributed by atoms with van der Waals surface area (Å²) in [6.07, 6.45) is 0. The van der Waals surface area contributed by atoms with Crippen molar-refractivity contribution in [1.29, 1.82) is 0 Å². The molecule has 0 aliphatic heterocycles. The third-order valence-electron chi connectivity index (χ3n) is 5.52. The van der Waals surface area contributed by atoms with E-state index in [-0.39, 0.29) is 5.91 Å². The Morgan fingerprint density at radius 2 is 1.50 bits per heavy atom. The first-order valence-electron chi connectivity index (χ1n) is 10.5. The van der Waals surface area contributed by atoms with E-state index < -0.39 is 0 Å². The number of para-hydroxylation sites is 1. The van der Waals surface area contributed by atoms with Crippen LogP contribution in [0.4, 0.5) is 0 Å². The topological polar surface area (TPSA) is 54.4 Å². The highest BCUT2D eigenvalue weighted by molar-refractivity contribution is 6.08. The van der Waals surface area contributed by atoms with Crippen LogP contribution in [0, 0.1) is 0 Å². The zero-order valence-corrected chi connectivity index (χ0v) is 17.6. The predicted octanol–water partition coefficient (Wildman–Crippen LogP) is 6.21. The molecule has 4 nitrogen and oxygen atoms in total. The normalized spacial score (nSPS) is 11.6. The summed E-state index contributed by atoms with van der Waals surface area (Å²) in [6.45, 7) is 1.89. The number of rotatable bonds is 4. The average Bonchev–Trinajstić information content (AvgIpc) is 2.86. The van der Waals surface area contributed by atoms with Crippen LogP contribution in [0.3, 0.4) is 0 Å². The maximum absolute atomic E-state index is 13.1. The molecule has 0 fully saturated rings. The summed E-state index contributed by atoms with van der Waals surface area (Å²) in [5.41, 5.74) is 7.48. The minimum absolute atomic E-state index is 0.263. The molecule has 1 aromatic heterocycles. The van der Waals surface area contributed by atoms with Crippen LogP contribution in [0.15, 0.2) is 108 Å². The van der Waals surface area contributed by atoms with Crippen molar-refractivity contribution in [2.45, 2.75) is 6.92 Å². The maximum atomic E-state index is 13.1. The highest BCUT2D eigenvalue weighted by Gasteiger charge is 2.14. The fourth-order valence-electron chi connectivity index (χ4n) is 3.79. The summed E-state index contributed by atoms with van der Waals surface area (Å²) in [6, 6.07) is 33.7. The molecule has 32 heavy (non-hydrogen) atoms. The van der Waals surface area contributed by atoms with Gasteiger partial charge >= 0.3 is 0 Å². The summed E-state index contributed by atoms with van der Waals surface area (Å²) in [5.74, 6) is -0.263. The molecule has 154 valence electrons. The molecule has 0 unspecified atom stereocenters. The number of hydrogen-bond acceptors (Lipinski definition) is 3. The molecule has 5 rings (SSSR count). The number of carbonyl (C=O) groups excluding carboxylic acids is 1. The van der Waals surface area contributed by atoms with Gasteiger partial charge in [0.15, 0.2) is 0 Å². The first kappa shape index (κ1) is 19.6. The summed E-state index contributed by atoms with van der Waals surface area (Å²) >= 11 is 0. The van der Waals surface area contributed by atoms with Crippen LogP contribution >= 0.6 is 0 Å². The Labute approximate surface area is 186 Å². The lowest BCUT2D eigenvalue weighted by Crippen LogP contribution is -2.20. The largest absolute Gasteiger partial charge is 0.272 e. The van der Waals surface area contributed by atoms with E-state index in [0.29, 0.717) is 5.56 Å². The highest BCUT2D eigenvalue weighted by atomic mass is 16.2. The van der Waals surface area contributed by atoms with Crippen LogP contribution in [0.25, 0.3) is 32.9 Å². The predicted molar refractivity (Wildman–Crippen MR) is 131 cm³/mol. The summed E-state index contributed by atoms with van der Waals surface area (Å²) < 4.78 is 0. The minimum atomic E-state index is -0.263. The highest BCUT2D eigenvalue weighted by Crippen LogP contribution is 2.25. The van der Waals surface area contributed by atoms with Gasteiger partial charge in [0.05, 0.1) is 22.5 Å². The number of carbonyl (C=O) groups is 1.